The zero-order chi connectivity index (χ0) is 24.9. The number of rotatable bonds is 13. The molecule has 0 aliphatic rings. The predicted molar refractivity (Wildman–Crippen MR) is 127 cm³/mol. The summed E-state index contributed by atoms with van der Waals surface area (Å²) in [6.07, 6.45) is 1.35. The van der Waals surface area contributed by atoms with Crippen LogP contribution in [-0.2, 0) is 32.1 Å². The maximum atomic E-state index is 13.0. The van der Waals surface area contributed by atoms with Crippen LogP contribution in [0.1, 0.15) is 37.3 Å². The second-order valence-electron chi connectivity index (χ2n) is 7.87. The third kappa shape index (κ3) is 9.23. The van der Waals surface area contributed by atoms with Crippen molar-refractivity contribution in [3.63, 3.8) is 0 Å². The molecule has 5 N–H and O–H groups in total. The Hall–Kier alpha value is -4.01. The molecule has 0 heterocycles. The average molecular weight is 467 g/mol. The molecule has 2 atom stereocenters. The van der Waals surface area contributed by atoms with Crippen LogP contribution in [0.25, 0.3) is 0 Å². The second-order valence-corrected chi connectivity index (χ2v) is 7.87. The van der Waals surface area contributed by atoms with Crippen molar-refractivity contribution in [3.8, 4) is 5.75 Å². The van der Waals surface area contributed by atoms with Crippen molar-refractivity contribution in [2.45, 2.75) is 51.2 Å². The van der Waals surface area contributed by atoms with Gasteiger partial charge in [0.25, 0.3) is 0 Å². The fraction of sp³-hybridized carbons (Fsp3) is 0.320. The van der Waals surface area contributed by atoms with Gasteiger partial charge in [0.05, 0.1) is 6.21 Å². The number of nitrogens with one attached hydrogen (secondary N) is 4. The van der Waals surface area contributed by atoms with Crippen molar-refractivity contribution in [1.29, 1.82) is 5.41 Å². The largest absolute Gasteiger partial charge is 0.508 e. The highest BCUT2D eigenvalue weighted by atomic mass is 16.3. The van der Waals surface area contributed by atoms with Crippen LogP contribution in [0.5, 0.6) is 5.75 Å². The number of aromatic hydroxyl groups is 1. The first-order valence-electron chi connectivity index (χ1n) is 11.0. The average Bonchev–Trinajstić information content (AvgIpc) is 2.83. The molecule has 3 amide bonds. The van der Waals surface area contributed by atoms with Gasteiger partial charge in [-0.15, -0.1) is 0 Å². The Labute approximate surface area is 198 Å². The van der Waals surface area contributed by atoms with E-state index >= 15 is 0 Å². The first-order valence-corrected chi connectivity index (χ1v) is 11.0. The van der Waals surface area contributed by atoms with Gasteiger partial charge in [0.15, 0.2) is 5.78 Å². The number of hydrogen-bond donors (Lipinski definition) is 5. The van der Waals surface area contributed by atoms with Crippen molar-refractivity contribution >= 4 is 29.7 Å². The van der Waals surface area contributed by atoms with Crippen molar-refractivity contribution in [3.05, 3.63) is 65.7 Å². The van der Waals surface area contributed by atoms with Crippen LogP contribution in [0.2, 0.25) is 0 Å². The van der Waals surface area contributed by atoms with Gasteiger partial charge in [-0.3, -0.25) is 19.2 Å². The van der Waals surface area contributed by atoms with Gasteiger partial charge in [0.1, 0.15) is 17.8 Å². The number of amides is 3. The van der Waals surface area contributed by atoms with Crippen LogP contribution in [0.4, 0.5) is 0 Å². The number of hydrogen-bond acceptors (Lipinski definition) is 6. The van der Waals surface area contributed by atoms with Crippen LogP contribution in [-0.4, -0.2) is 46.9 Å². The number of aryl methyl sites for hydroxylation is 1. The first-order chi connectivity index (χ1) is 16.3. The van der Waals surface area contributed by atoms with E-state index in [4.69, 9.17) is 5.41 Å². The molecule has 0 radical (unpaired) electrons. The van der Waals surface area contributed by atoms with Gasteiger partial charge in [-0.25, -0.2) is 0 Å². The molecular formula is C25H30N4O5. The third-order valence-corrected chi connectivity index (χ3v) is 5.13. The maximum absolute atomic E-state index is 13.0. The minimum atomic E-state index is -1.01. The summed E-state index contributed by atoms with van der Waals surface area (Å²) >= 11 is 0. The van der Waals surface area contributed by atoms with Crippen LogP contribution in [0.15, 0.2) is 54.6 Å². The van der Waals surface area contributed by atoms with E-state index in [1.807, 2.05) is 30.3 Å². The van der Waals surface area contributed by atoms with Gasteiger partial charge < -0.3 is 26.5 Å². The Kier molecular flexibility index (Phi) is 10.4. The van der Waals surface area contributed by atoms with Gasteiger partial charge in [-0.1, -0.05) is 42.5 Å². The molecule has 0 saturated carbocycles. The Morgan fingerprint density at radius 3 is 2.15 bits per heavy atom. The van der Waals surface area contributed by atoms with Gasteiger partial charge in [0.2, 0.25) is 17.7 Å². The number of carbonyl (C=O) groups excluding carboxylic acids is 4. The molecule has 0 aromatic heterocycles. The Balaban J connectivity index is 2.06. The molecule has 0 aliphatic heterocycles. The van der Waals surface area contributed by atoms with E-state index in [1.165, 1.54) is 19.1 Å². The molecule has 2 aromatic rings. The second kappa shape index (κ2) is 13.5. The number of phenolic OH excluding ortho intramolecular Hbond substituents is 1. The molecule has 9 heteroatoms. The number of ketones is 1. The number of carbonyl (C=O) groups is 4. The molecular weight excluding hydrogens is 436 g/mol. The van der Waals surface area contributed by atoms with Crippen LogP contribution < -0.4 is 16.0 Å². The number of benzene rings is 2. The summed E-state index contributed by atoms with van der Waals surface area (Å²) in [6.45, 7) is 1.55. The molecule has 2 rings (SSSR count). The van der Waals surface area contributed by atoms with Gasteiger partial charge >= 0.3 is 0 Å². The molecule has 0 spiro atoms. The highest BCUT2D eigenvalue weighted by Crippen LogP contribution is 2.12. The maximum Gasteiger partial charge on any atom is 0.243 e. The van der Waals surface area contributed by atoms with E-state index in [0.717, 1.165) is 11.1 Å². The minimum absolute atomic E-state index is 0.0192. The summed E-state index contributed by atoms with van der Waals surface area (Å²) in [4.78, 5) is 49.1. The van der Waals surface area contributed by atoms with Crippen LogP contribution >= 0.6 is 0 Å². The topological polar surface area (TPSA) is 148 Å². The summed E-state index contributed by atoms with van der Waals surface area (Å²) in [6, 6.07) is 13.9. The Morgan fingerprint density at radius 2 is 1.53 bits per heavy atom. The van der Waals surface area contributed by atoms with Gasteiger partial charge in [0, 0.05) is 19.9 Å². The highest BCUT2D eigenvalue weighted by molar-refractivity contribution is 6.26. The molecule has 0 aliphatic carbocycles. The lowest BCUT2D eigenvalue weighted by atomic mass is 10.0. The molecule has 180 valence electrons. The van der Waals surface area contributed by atoms with E-state index in [9.17, 15) is 24.3 Å². The standard InChI is InChI=1S/C25H30N4O5/c1-17(30)28-23(13-9-18-7-10-20(31)11-8-18)25(34)29-22(14-12-21(32)15-26)24(33)27-16-19-5-3-2-4-6-19/h2-8,10-11,15,22-23,26,31H,9,12-14,16H2,1H3,(H,27,33)(H,28,30)(H,29,34)/t22-,23-/m0/s1. The van der Waals surface area contributed by atoms with Gasteiger partial charge in [-0.2, -0.15) is 0 Å². The number of phenols is 1. The van der Waals surface area contributed by atoms with Crippen molar-refractivity contribution < 1.29 is 24.3 Å². The van der Waals surface area contributed by atoms with Crippen LogP contribution in [0, 0.1) is 5.41 Å². The SMILES string of the molecule is CC(=O)N[C@@H](CCc1ccc(O)cc1)C(=O)N[C@@H](CCC(=O)C=N)C(=O)NCc1ccccc1. The summed E-state index contributed by atoms with van der Waals surface area (Å²) in [5.41, 5.74) is 1.75. The smallest absolute Gasteiger partial charge is 0.243 e. The van der Waals surface area contributed by atoms with Crippen molar-refractivity contribution in [2.75, 3.05) is 0 Å². The Bertz CT molecular complexity index is 992. The molecule has 0 unspecified atom stereocenters. The fourth-order valence-electron chi connectivity index (χ4n) is 3.30. The monoisotopic (exact) mass is 466 g/mol. The lowest BCUT2D eigenvalue weighted by Crippen LogP contribution is -2.53. The summed E-state index contributed by atoms with van der Waals surface area (Å²) in [5.74, 6) is -1.73. The molecule has 34 heavy (non-hydrogen) atoms. The lowest BCUT2D eigenvalue weighted by Gasteiger charge is -2.23. The van der Waals surface area contributed by atoms with Crippen LogP contribution in [0.3, 0.4) is 0 Å². The van der Waals surface area contributed by atoms with E-state index < -0.39 is 35.6 Å². The van der Waals surface area contributed by atoms with E-state index in [1.54, 1.807) is 12.1 Å². The normalized spacial score (nSPS) is 12.1. The van der Waals surface area contributed by atoms with E-state index in [2.05, 4.69) is 16.0 Å². The summed E-state index contributed by atoms with van der Waals surface area (Å²) < 4.78 is 0. The lowest BCUT2D eigenvalue weighted by molar-refractivity contribution is -0.132. The third-order valence-electron chi connectivity index (χ3n) is 5.13. The van der Waals surface area contributed by atoms with E-state index in [-0.39, 0.29) is 31.6 Å². The van der Waals surface area contributed by atoms with E-state index in [0.29, 0.717) is 12.6 Å². The summed E-state index contributed by atoms with van der Waals surface area (Å²) in [5, 5.41) is 24.5. The molecule has 2 aromatic carbocycles. The predicted octanol–water partition coefficient (Wildman–Crippen LogP) is 1.63. The zero-order valence-electron chi connectivity index (χ0n) is 19.0. The minimum Gasteiger partial charge on any atom is -0.508 e. The number of Topliss-reactive ketones (excluding diaryl/α,β-unsaturated/α-hetero) is 1. The molecule has 0 saturated heterocycles. The molecule has 9 nitrogen and oxygen atoms in total. The quantitative estimate of drug-likeness (QED) is 0.285. The van der Waals surface area contributed by atoms with Crippen molar-refractivity contribution in [1.82, 2.24) is 16.0 Å². The molecule has 0 fully saturated rings. The van der Waals surface area contributed by atoms with Crippen molar-refractivity contribution in [2.24, 2.45) is 0 Å². The molecule has 0 bridgehead atoms. The first kappa shape index (κ1) is 26.2. The summed E-state index contributed by atoms with van der Waals surface area (Å²) in [7, 11) is 0. The van der Waals surface area contributed by atoms with Gasteiger partial charge in [-0.05, 0) is 42.5 Å². The Morgan fingerprint density at radius 1 is 0.882 bits per heavy atom. The zero-order valence-corrected chi connectivity index (χ0v) is 19.0. The highest BCUT2D eigenvalue weighted by Gasteiger charge is 2.26. The fourth-order valence-corrected chi connectivity index (χ4v) is 3.30.